The smallest absolute Gasteiger partial charge is 0.374 e. The average molecular weight is 395 g/mol. The molecule has 0 N–H and O–H groups in total. The Labute approximate surface area is 165 Å². The van der Waals surface area contributed by atoms with Crippen LogP contribution in [0.1, 0.15) is 28.6 Å². The number of hydrogen-bond acceptors (Lipinski definition) is 7. The maximum Gasteiger partial charge on any atom is 0.374 e. The van der Waals surface area contributed by atoms with Gasteiger partial charge >= 0.3 is 11.9 Å². The van der Waals surface area contributed by atoms with Crippen LogP contribution in [0.2, 0.25) is 0 Å². The molecule has 1 heterocycles. The van der Waals surface area contributed by atoms with E-state index in [0.29, 0.717) is 22.1 Å². The molecule has 148 valence electrons. The Morgan fingerprint density at radius 1 is 1.10 bits per heavy atom. The second kappa shape index (κ2) is 8.83. The molecule has 0 saturated carbocycles. The van der Waals surface area contributed by atoms with E-state index >= 15 is 0 Å². The number of carbonyl (C=O) groups excluding carboxylic acids is 2. The fraction of sp³-hybridized carbons (Fsp3) is 0.143. The Morgan fingerprint density at radius 3 is 2.52 bits per heavy atom. The summed E-state index contributed by atoms with van der Waals surface area (Å²) in [5, 5.41) is 11.3. The number of carbonyl (C=O) groups is 2. The molecule has 0 aliphatic heterocycles. The third-order valence-electron chi connectivity index (χ3n) is 4.03. The molecule has 0 amide bonds. The number of nitro benzene ring substituents is 1. The van der Waals surface area contributed by atoms with Crippen molar-refractivity contribution in [3.8, 4) is 0 Å². The molecule has 0 atom stereocenters. The zero-order chi connectivity index (χ0) is 20.8. The van der Waals surface area contributed by atoms with Crippen LogP contribution in [0.15, 0.2) is 59.0 Å². The molecule has 0 fully saturated rings. The van der Waals surface area contributed by atoms with Gasteiger partial charge in [0, 0.05) is 23.6 Å². The van der Waals surface area contributed by atoms with E-state index in [1.165, 1.54) is 36.4 Å². The quantitative estimate of drug-likeness (QED) is 0.254. The molecule has 29 heavy (non-hydrogen) atoms. The van der Waals surface area contributed by atoms with E-state index < -0.39 is 16.9 Å². The third kappa shape index (κ3) is 4.67. The monoisotopic (exact) mass is 395 g/mol. The normalized spacial score (nSPS) is 10.9. The summed E-state index contributed by atoms with van der Waals surface area (Å²) in [5.41, 5.74) is 1.48. The molecule has 8 nitrogen and oxygen atoms in total. The molecule has 0 radical (unpaired) electrons. The lowest BCUT2D eigenvalue weighted by Crippen LogP contribution is -2.08. The first kappa shape index (κ1) is 19.8. The maximum atomic E-state index is 12.1. The van der Waals surface area contributed by atoms with Crippen molar-refractivity contribution in [2.75, 3.05) is 6.61 Å². The average Bonchev–Trinajstić information content (AvgIpc) is 3.10. The number of para-hydroxylation sites is 1. The molecular weight excluding hydrogens is 378 g/mol. The SMILES string of the molecule is CCOC(=O)c1oc2ccccc2c1COC(=O)/C=C/c1ccc([N+](=O)[O-])cc1. The zero-order valence-electron chi connectivity index (χ0n) is 15.5. The summed E-state index contributed by atoms with van der Waals surface area (Å²) in [6.07, 6.45) is 2.68. The van der Waals surface area contributed by atoms with Crippen LogP contribution in [-0.4, -0.2) is 23.5 Å². The van der Waals surface area contributed by atoms with E-state index in [2.05, 4.69) is 0 Å². The van der Waals surface area contributed by atoms with Gasteiger partial charge in [0.05, 0.1) is 17.1 Å². The molecular formula is C21H17NO7. The van der Waals surface area contributed by atoms with Gasteiger partial charge in [-0.25, -0.2) is 9.59 Å². The van der Waals surface area contributed by atoms with Crippen molar-refractivity contribution in [2.24, 2.45) is 0 Å². The standard InChI is InChI=1S/C21H17NO7/c1-2-27-21(24)20-17(16-5-3-4-6-18(16)29-20)13-28-19(23)12-9-14-7-10-15(11-8-14)22(25)26/h3-12H,2,13H2,1H3/b12-9+. The number of hydrogen-bond donors (Lipinski definition) is 0. The zero-order valence-corrected chi connectivity index (χ0v) is 15.5. The lowest BCUT2D eigenvalue weighted by Gasteiger charge is -2.04. The van der Waals surface area contributed by atoms with Crippen LogP contribution in [-0.2, 0) is 20.9 Å². The van der Waals surface area contributed by atoms with Crippen LogP contribution in [0.3, 0.4) is 0 Å². The molecule has 3 rings (SSSR count). The molecule has 0 aliphatic rings. The van der Waals surface area contributed by atoms with Gasteiger partial charge in [0.15, 0.2) is 0 Å². The van der Waals surface area contributed by atoms with Crippen LogP contribution in [0.4, 0.5) is 5.69 Å². The number of esters is 2. The first-order valence-electron chi connectivity index (χ1n) is 8.76. The van der Waals surface area contributed by atoms with Crippen LogP contribution in [0, 0.1) is 10.1 Å². The second-order valence-electron chi connectivity index (χ2n) is 5.92. The Morgan fingerprint density at radius 2 is 1.83 bits per heavy atom. The molecule has 0 unspecified atom stereocenters. The van der Waals surface area contributed by atoms with Gasteiger partial charge in [-0.15, -0.1) is 0 Å². The summed E-state index contributed by atoms with van der Waals surface area (Å²) >= 11 is 0. The van der Waals surface area contributed by atoms with Gasteiger partial charge in [-0.2, -0.15) is 0 Å². The van der Waals surface area contributed by atoms with E-state index in [1.54, 1.807) is 31.2 Å². The third-order valence-corrected chi connectivity index (χ3v) is 4.03. The minimum atomic E-state index is -0.636. The summed E-state index contributed by atoms with van der Waals surface area (Å²) in [6.45, 7) is 1.70. The van der Waals surface area contributed by atoms with Crippen LogP contribution in [0.25, 0.3) is 17.0 Å². The highest BCUT2D eigenvalue weighted by molar-refractivity contribution is 5.96. The Bertz CT molecular complexity index is 1080. The van der Waals surface area contributed by atoms with E-state index in [-0.39, 0.29) is 24.7 Å². The predicted molar refractivity (Wildman–Crippen MR) is 104 cm³/mol. The van der Waals surface area contributed by atoms with Gasteiger partial charge in [-0.3, -0.25) is 10.1 Å². The van der Waals surface area contributed by atoms with Gasteiger partial charge in [-0.1, -0.05) is 18.2 Å². The van der Waals surface area contributed by atoms with Crippen molar-refractivity contribution < 1.29 is 28.4 Å². The van der Waals surface area contributed by atoms with Crippen molar-refractivity contribution >= 4 is 34.7 Å². The number of benzene rings is 2. The molecule has 0 spiro atoms. The van der Waals surface area contributed by atoms with Gasteiger partial charge in [0.1, 0.15) is 12.2 Å². The van der Waals surface area contributed by atoms with Gasteiger partial charge in [0.2, 0.25) is 5.76 Å². The number of rotatable bonds is 7. The van der Waals surface area contributed by atoms with Crippen LogP contribution >= 0.6 is 0 Å². The maximum absolute atomic E-state index is 12.1. The Kier molecular flexibility index (Phi) is 6.03. The predicted octanol–water partition coefficient (Wildman–Crippen LogP) is 4.27. The van der Waals surface area contributed by atoms with Crippen molar-refractivity contribution in [1.82, 2.24) is 0 Å². The van der Waals surface area contributed by atoms with Crippen molar-refractivity contribution in [3.05, 3.63) is 81.6 Å². The number of ether oxygens (including phenoxy) is 2. The summed E-state index contributed by atoms with van der Waals surface area (Å²) in [6, 6.07) is 12.7. The number of non-ortho nitro benzene ring substituents is 1. The van der Waals surface area contributed by atoms with E-state index in [9.17, 15) is 19.7 Å². The summed E-state index contributed by atoms with van der Waals surface area (Å²) < 4.78 is 15.8. The fourth-order valence-electron chi connectivity index (χ4n) is 2.67. The number of nitrogens with zero attached hydrogens (tertiary/aromatic N) is 1. The molecule has 1 aromatic heterocycles. The van der Waals surface area contributed by atoms with E-state index in [4.69, 9.17) is 13.9 Å². The lowest BCUT2D eigenvalue weighted by molar-refractivity contribution is -0.384. The van der Waals surface area contributed by atoms with Crippen LogP contribution in [0.5, 0.6) is 0 Å². The summed E-state index contributed by atoms with van der Waals surface area (Å²) in [4.78, 5) is 34.4. The topological polar surface area (TPSA) is 109 Å². The molecule has 8 heteroatoms. The summed E-state index contributed by atoms with van der Waals surface area (Å²) in [7, 11) is 0. The molecule has 0 aliphatic carbocycles. The number of nitro groups is 1. The van der Waals surface area contributed by atoms with Crippen LogP contribution < -0.4 is 0 Å². The highest BCUT2D eigenvalue weighted by Gasteiger charge is 2.22. The minimum absolute atomic E-state index is 0.000184. The largest absolute Gasteiger partial charge is 0.460 e. The number of fused-ring (bicyclic) bond motifs is 1. The lowest BCUT2D eigenvalue weighted by atomic mass is 10.1. The van der Waals surface area contributed by atoms with Gasteiger partial charge in [0.25, 0.3) is 5.69 Å². The Hall–Kier alpha value is -3.94. The molecule has 3 aromatic rings. The molecule has 0 bridgehead atoms. The highest BCUT2D eigenvalue weighted by atomic mass is 16.6. The summed E-state index contributed by atoms with van der Waals surface area (Å²) in [5.74, 6) is -1.26. The Balaban J connectivity index is 1.72. The van der Waals surface area contributed by atoms with E-state index in [0.717, 1.165) is 0 Å². The molecule has 2 aromatic carbocycles. The van der Waals surface area contributed by atoms with Gasteiger partial charge < -0.3 is 13.9 Å². The highest BCUT2D eigenvalue weighted by Crippen LogP contribution is 2.27. The van der Waals surface area contributed by atoms with Crippen molar-refractivity contribution in [1.29, 1.82) is 0 Å². The van der Waals surface area contributed by atoms with Gasteiger partial charge in [-0.05, 0) is 36.8 Å². The van der Waals surface area contributed by atoms with E-state index in [1.807, 2.05) is 0 Å². The first-order valence-corrected chi connectivity index (χ1v) is 8.76. The van der Waals surface area contributed by atoms with Crippen molar-refractivity contribution in [3.63, 3.8) is 0 Å². The minimum Gasteiger partial charge on any atom is -0.460 e. The first-order chi connectivity index (χ1) is 14.0. The fourth-order valence-corrected chi connectivity index (χ4v) is 2.67. The molecule has 0 saturated heterocycles. The second-order valence-corrected chi connectivity index (χ2v) is 5.92. The van der Waals surface area contributed by atoms with Crippen molar-refractivity contribution in [2.45, 2.75) is 13.5 Å². The number of furan rings is 1.